The van der Waals surface area contributed by atoms with Gasteiger partial charge in [-0.05, 0) is 32.6 Å². The molecule has 0 radical (unpaired) electrons. The Hall–Kier alpha value is -1.96. The van der Waals surface area contributed by atoms with E-state index in [2.05, 4.69) is 28.9 Å². The van der Waals surface area contributed by atoms with Gasteiger partial charge in [-0.3, -0.25) is 14.5 Å². The lowest BCUT2D eigenvalue weighted by Gasteiger charge is -2.38. The number of aryl methyl sites for hydroxylation is 2. The summed E-state index contributed by atoms with van der Waals surface area (Å²) >= 11 is 0. The van der Waals surface area contributed by atoms with Crippen LogP contribution in [0.1, 0.15) is 57.7 Å². The number of piperazine rings is 1. The van der Waals surface area contributed by atoms with Crippen molar-refractivity contribution in [2.75, 3.05) is 39.3 Å². The van der Waals surface area contributed by atoms with Gasteiger partial charge in [-0.25, -0.2) is 0 Å². The second-order valence-corrected chi connectivity index (χ2v) is 7.94. The highest BCUT2D eigenvalue weighted by Gasteiger charge is 2.27. The Morgan fingerprint density at radius 1 is 1.07 bits per heavy atom. The minimum atomic E-state index is 0.117. The number of hydrogen-bond acceptors (Lipinski definition) is 6. The van der Waals surface area contributed by atoms with Crippen molar-refractivity contribution in [1.29, 1.82) is 0 Å². The monoisotopic (exact) mass is 391 g/mol. The zero-order valence-corrected chi connectivity index (χ0v) is 17.2. The van der Waals surface area contributed by atoms with E-state index in [9.17, 15) is 9.59 Å². The van der Waals surface area contributed by atoms with Crippen molar-refractivity contribution in [2.45, 2.75) is 64.8 Å². The van der Waals surface area contributed by atoms with Gasteiger partial charge in [-0.1, -0.05) is 12.1 Å². The van der Waals surface area contributed by atoms with E-state index in [-0.39, 0.29) is 11.8 Å². The topological polar surface area (TPSA) is 82.8 Å². The highest BCUT2D eigenvalue weighted by molar-refractivity contribution is 5.79. The van der Waals surface area contributed by atoms with E-state index >= 15 is 0 Å². The quantitative estimate of drug-likeness (QED) is 0.700. The Labute approximate surface area is 167 Å². The molecule has 0 aromatic carbocycles. The number of carbonyl (C=O) groups is 2. The van der Waals surface area contributed by atoms with Gasteiger partial charge in [0, 0.05) is 58.0 Å². The van der Waals surface area contributed by atoms with Crippen LogP contribution < -0.4 is 0 Å². The van der Waals surface area contributed by atoms with Gasteiger partial charge in [0.1, 0.15) is 0 Å². The van der Waals surface area contributed by atoms with Crippen molar-refractivity contribution in [2.24, 2.45) is 0 Å². The van der Waals surface area contributed by atoms with E-state index in [4.69, 9.17) is 4.52 Å². The third-order valence-electron chi connectivity index (χ3n) is 5.74. The molecule has 2 amide bonds. The van der Waals surface area contributed by atoms with Crippen LogP contribution >= 0.6 is 0 Å². The normalized spacial score (nSPS) is 21.1. The molecule has 8 heteroatoms. The Morgan fingerprint density at radius 3 is 2.57 bits per heavy atom. The molecule has 3 rings (SSSR count). The number of likely N-dealkylation sites (tertiary alicyclic amines) is 1. The molecule has 156 valence electrons. The molecular formula is C20H33N5O3. The second kappa shape index (κ2) is 10.0. The van der Waals surface area contributed by atoms with E-state index in [0.29, 0.717) is 50.2 Å². The van der Waals surface area contributed by atoms with Gasteiger partial charge in [0.15, 0.2) is 5.82 Å². The molecule has 8 nitrogen and oxygen atoms in total. The summed E-state index contributed by atoms with van der Waals surface area (Å²) in [5.74, 6) is 1.60. The molecule has 3 heterocycles. The molecule has 0 aliphatic carbocycles. The maximum Gasteiger partial charge on any atom is 0.236 e. The molecule has 0 N–H and O–H groups in total. The van der Waals surface area contributed by atoms with Crippen LogP contribution in [0.4, 0.5) is 0 Å². The van der Waals surface area contributed by atoms with Gasteiger partial charge in [0.25, 0.3) is 0 Å². The van der Waals surface area contributed by atoms with Crippen molar-refractivity contribution >= 4 is 11.8 Å². The summed E-state index contributed by atoms with van der Waals surface area (Å²) in [5, 5.41) is 3.92. The number of aromatic nitrogens is 2. The van der Waals surface area contributed by atoms with Crippen molar-refractivity contribution in [1.82, 2.24) is 24.8 Å². The van der Waals surface area contributed by atoms with E-state index < -0.39 is 0 Å². The van der Waals surface area contributed by atoms with Crippen LogP contribution in [0.3, 0.4) is 0 Å². The summed E-state index contributed by atoms with van der Waals surface area (Å²) in [6.07, 6.45) is 6.08. The Bertz CT molecular complexity index is 654. The lowest BCUT2D eigenvalue weighted by atomic mass is 10.0. The van der Waals surface area contributed by atoms with Gasteiger partial charge in [-0.2, -0.15) is 4.98 Å². The lowest BCUT2D eigenvalue weighted by Crippen LogP contribution is -2.53. The molecule has 0 spiro atoms. The fraction of sp³-hybridized carbons (Fsp3) is 0.800. The largest absolute Gasteiger partial charge is 0.340 e. The fourth-order valence-corrected chi connectivity index (χ4v) is 3.99. The van der Waals surface area contributed by atoms with Crippen LogP contribution in [0.25, 0.3) is 0 Å². The van der Waals surface area contributed by atoms with Crippen molar-refractivity contribution in [3.8, 4) is 0 Å². The van der Waals surface area contributed by atoms with Crippen LogP contribution in [-0.4, -0.2) is 82.0 Å². The first kappa shape index (κ1) is 20.8. The zero-order valence-electron chi connectivity index (χ0n) is 17.2. The fourth-order valence-electron chi connectivity index (χ4n) is 3.99. The van der Waals surface area contributed by atoms with E-state index in [1.165, 1.54) is 6.42 Å². The van der Waals surface area contributed by atoms with Crippen LogP contribution in [0, 0.1) is 0 Å². The van der Waals surface area contributed by atoms with Gasteiger partial charge in [0.05, 0.1) is 6.54 Å². The molecule has 2 fully saturated rings. The van der Waals surface area contributed by atoms with E-state index in [0.717, 1.165) is 45.3 Å². The number of carbonyl (C=O) groups excluding carboxylic acids is 2. The van der Waals surface area contributed by atoms with Crippen LogP contribution in [0.15, 0.2) is 4.52 Å². The average molecular weight is 392 g/mol. The van der Waals surface area contributed by atoms with Crippen LogP contribution in [0.5, 0.6) is 0 Å². The number of nitrogens with zero attached hydrogens (tertiary/aromatic N) is 5. The molecule has 2 saturated heterocycles. The first-order valence-electron chi connectivity index (χ1n) is 10.7. The van der Waals surface area contributed by atoms with E-state index in [1.807, 2.05) is 9.80 Å². The molecule has 1 atom stereocenters. The molecule has 28 heavy (non-hydrogen) atoms. The molecule has 2 aliphatic rings. The summed E-state index contributed by atoms with van der Waals surface area (Å²) in [5.41, 5.74) is 0. The molecule has 0 bridgehead atoms. The van der Waals surface area contributed by atoms with Crippen molar-refractivity contribution < 1.29 is 14.1 Å². The SMILES string of the molecule is CCCc1noc(CCC(=O)N2CCN(CC(=O)N3CCCCC3C)CC2)n1. The van der Waals surface area contributed by atoms with E-state index in [1.54, 1.807) is 0 Å². The molecule has 0 saturated carbocycles. The average Bonchev–Trinajstić information content (AvgIpc) is 3.15. The summed E-state index contributed by atoms with van der Waals surface area (Å²) in [4.78, 5) is 35.4. The molecule has 2 aliphatic heterocycles. The molecule has 1 aromatic rings. The smallest absolute Gasteiger partial charge is 0.236 e. The second-order valence-electron chi connectivity index (χ2n) is 7.94. The predicted molar refractivity (Wildman–Crippen MR) is 105 cm³/mol. The molecular weight excluding hydrogens is 358 g/mol. The van der Waals surface area contributed by atoms with Gasteiger partial charge < -0.3 is 14.3 Å². The number of piperidine rings is 1. The van der Waals surface area contributed by atoms with Gasteiger partial charge >= 0.3 is 0 Å². The van der Waals surface area contributed by atoms with Gasteiger partial charge in [0.2, 0.25) is 17.7 Å². The number of amides is 2. The summed E-state index contributed by atoms with van der Waals surface area (Å²) in [6.45, 7) is 8.41. The highest BCUT2D eigenvalue weighted by Crippen LogP contribution is 2.17. The lowest BCUT2D eigenvalue weighted by molar-refractivity contribution is -0.137. The Balaban J connectivity index is 1.38. The number of rotatable bonds is 7. The van der Waals surface area contributed by atoms with Crippen LogP contribution in [-0.2, 0) is 22.4 Å². The Morgan fingerprint density at radius 2 is 1.86 bits per heavy atom. The first-order valence-corrected chi connectivity index (χ1v) is 10.7. The maximum absolute atomic E-state index is 12.6. The van der Waals surface area contributed by atoms with Crippen molar-refractivity contribution in [3.05, 3.63) is 11.7 Å². The van der Waals surface area contributed by atoms with Crippen LogP contribution in [0.2, 0.25) is 0 Å². The summed E-state index contributed by atoms with van der Waals surface area (Å²) in [6, 6.07) is 0.353. The van der Waals surface area contributed by atoms with Gasteiger partial charge in [-0.15, -0.1) is 0 Å². The predicted octanol–water partition coefficient (Wildman–Crippen LogP) is 1.50. The first-order chi connectivity index (χ1) is 13.6. The minimum absolute atomic E-state index is 0.117. The maximum atomic E-state index is 12.6. The number of hydrogen-bond donors (Lipinski definition) is 0. The third-order valence-corrected chi connectivity index (χ3v) is 5.74. The zero-order chi connectivity index (χ0) is 19.9. The summed E-state index contributed by atoms with van der Waals surface area (Å²) in [7, 11) is 0. The standard InChI is InChI=1S/C20H33N5O3/c1-3-6-17-21-18(28-22-17)8-9-19(26)24-13-11-23(12-14-24)15-20(27)25-10-5-4-7-16(25)2/h16H,3-15H2,1-2H3. The minimum Gasteiger partial charge on any atom is -0.340 e. The Kier molecular flexibility index (Phi) is 7.42. The summed E-state index contributed by atoms with van der Waals surface area (Å²) < 4.78 is 5.20. The molecule has 1 unspecified atom stereocenters. The highest BCUT2D eigenvalue weighted by atomic mass is 16.5. The third kappa shape index (κ3) is 5.53. The van der Waals surface area contributed by atoms with Crippen molar-refractivity contribution in [3.63, 3.8) is 0 Å². The molecule has 1 aromatic heterocycles.